The number of benzene rings is 4. The molecule has 28 nitrogen and oxygen atoms in total. The van der Waals surface area contributed by atoms with Crippen molar-refractivity contribution in [3.05, 3.63) is 181 Å². The van der Waals surface area contributed by atoms with Crippen LogP contribution in [0, 0.1) is 23.7 Å². The van der Waals surface area contributed by atoms with E-state index >= 15 is 0 Å². The van der Waals surface area contributed by atoms with E-state index in [9.17, 15) is 106 Å². The predicted octanol–water partition coefficient (Wildman–Crippen LogP) is 3.39. The lowest BCUT2D eigenvalue weighted by atomic mass is 8.64. The SMILES string of the molecule is C.C=C=C=C=C=C=C=C=C.CN(C)c1cc(CN)c(O)c2c1CC1CC3[C@H](N(C)C)C(=O)C(C(N)=O)=C(O)[C@@]3(O)C(=O)C1=C2O.CN(C)c1cc(CNC(=O)Nc2ccc(OC(F)(F)F)cc2)c(O)c2c1CC1CC3[C@H](N(C)C)C(=O)C(C(N)=O)=C(O)[C@@]3(O)C(=O)C1=C2O.O=C=Nc1ccc(OC(F)(F)F)cc1.[B][B]B(B([B])[B])B([B])[B]. The number of carbonyl (C=O) groups is 7. The number of isocyanates is 1. The van der Waals surface area contributed by atoms with Crippen LogP contribution in [0.5, 0.6) is 23.0 Å². The zero-order valence-electron chi connectivity index (χ0n) is 63.5. The van der Waals surface area contributed by atoms with Gasteiger partial charge in [0.2, 0.25) is 17.6 Å². The topological polar surface area (TPSA) is 444 Å². The molecule has 11 radical (unpaired) electrons. The largest absolute Gasteiger partial charge is 0.573 e. The van der Waals surface area contributed by atoms with Crippen molar-refractivity contribution in [2.24, 2.45) is 45.9 Å². The number of anilines is 3. The number of nitrogens with two attached hydrogens (primary N) is 3. The maximum absolute atomic E-state index is 14.1. The molecule has 43 heteroatoms. The molecule has 4 aromatic rings. The van der Waals surface area contributed by atoms with E-state index in [1.807, 2.05) is 0 Å². The van der Waals surface area contributed by atoms with Gasteiger partial charge in [-0.05, 0) is 179 Å². The lowest BCUT2D eigenvalue weighted by molar-refractivity contribution is -0.275. The highest BCUT2D eigenvalue weighted by Crippen LogP contribution is 2.56. The monoisotopic (exact) mass is 1610 g/mol. The Morgan fingerprint density at radius 2 is 1.00 bits per heavy atom. The molecule has 4 amide bonds. The Bertz CT molecular complexity index is 5000. The highest BCUT2D eigenvalue weighted by atomic mass is 19.4. The van der Waals surface area contributed by atoms with Crippen LogP contribution in [0.1, 0.15) is 53.6 Å². The van der Waals surface area contributed by atoms with E-state index in [1.165, 1.54) is 61.3 Å². The Hall–Kier alpha value is -11.7. The van der Waals surface area contributed by atoms with Crippen molar-refractivity contribution in [3.63, 3.8) is 0 Å². The Labute approximate surface area is 677 Å². The summed E-state index contributed by atoms with van der Waals surface area (Å²) in [5.74, 6) is -15.3. The van der Waals surface area contributed by atoms with Gasteiger partial charge in [0.15, 0.2) is 22.8 Å². The summed E-state index contributed by atoms with van der Waals surface area (Å²) in [7, 11) is 40.6. The van der Waals surface area contributed by atoms with E-state index in [0.29, 0.717) is 28.1 Å². The van der Waals surface area contributed by atoms with Crippen molar-refractivity contribution in [1.82, 2.24) is 15.1 Å². The molecule has 10 rings (SSSR count). The second-order valence-corrected chi connectivity index (χ2v) is 27.5. The summed E-state index contributed by atoms with van der Waals surface area (Å²) in [4.78, 5) is 111. The Balaban J connectivity index is 0.000000308. The smallest absolute Gasteiger partial charge is 0.508 e. The summed E-state index contributed by atoms with van der Waals surface area (Å²) < 4.78 is 79.8. The number of likely N-dealkylation sites (N-methyl/N-ethyl adjacent to an activating group) is 2. The number of Topliss-reactive ketones (excluding diaryl/α,β-unsaturated/α-hetero) is 4. The van der Waals surface area contributed by atoms with Gasteiger partial charge in [-0.25, -0.2) is 9.59 Å². The molecule has 6 aliphatic rings. The first kappa shape index (κ1) is 95.9. The molecule has 2 fully saturated rings. The maximum Gasteiger partial charge on any atom is 0.573 e. The molecule has 8 atom stereocenters. The third-order valence-electron chi connectivity index (χ3n) is 19.3. The fourth-order valence-corrected chi connectivity index (χ4v) is 14.3. The number of aliphatic imine (C=N–C) groups is 1. The van der Waals surface area contributed by atoms with Gasteiger partial charge in [0.1, 0.15) is 57.2 Å². The zero-order valence-corrected chi connectivity index (χ0v) is 63.5. The molecule has 0 spiro atoms. The number of fused-ring (bicyclic) bond motifs is 6. The van der Waals surface area contributed by atoms with Crippen LogP contribution in [0.4, 0.5) is 53.9 Å². The van der Waals surface area contributed by atoms with Gasteiger partial charge in [-0.3, -0.25) is 38.6 Å². The van der Waals surface area contributed by atoms with E-state index < -0.39 is 159 Å². The van der Waals surface area contributed by atoms with Crippen LogP contribution in [-0.4, -0.2) is 255 Å². The van der Waals surface area contributed by atoms with Crippen LogP contribution in [0.2, 0.25) is 0 Å². The number of carbonyl (C=O) groups excluding carboxylic acids is 8. The van der Waals surface area contributed by atoms with Crippen LogP contribution in [0.25, 0.3) is 11.5 Å². The number of nitrogens with zero attached hydrogens (tertiary/aromatic N) is 5. The van der Waals surface area contributed by atoms with Crippen molar-refractivity contribution < 1.29 is 115 Å². The molecule has 16 N–H and O–H groups in total. The molecule has 0 aromatic heterocycles. The Morgan fingerprint density at radius 1 is 0.632 bits per heavy atom. The third-order valence-corrected chi connectivity index (χ3v) is 19.3. The Morgan fingerprint density at radius 3 is 1.32 bits per heavy atom. The molecule has 4 unspecified atom stereocenters. The van der Waals surface area contributed by atoms with Gasteiger partial charge in [-0.1, -0.05) is 18.9 Å². The highest BCUT2D eigenvalue weighted by molar-refractivity contribution is 7.93. The minimum atomic E-state index is -4.88. The van der Waals surface area contributed by atoms with Gasteiger partial charge in [0, 0.05) is 157 Å². The number of phenolic OH excluding ortho intramolecular Hbond substituents is 2. The molecule has 599 valence electrons. The van der Waals surface area contributed by atoms with Crippen LogP contribution in [0.3, 0.4) is 0 Å². The van der Waals surface area contributed by atoms with Crippen molar-refractivity contribution in [3.8, 4) is 23.0 Å². The number of hydrogen-bond acceptors (Lipinski definition) is 24. The summed E-state index contributed by atoms with van der Waals surface area (Å²) in [5, 5.41) is 95.4. The van der Waals surface area contributed by atoms with Crippen molar-refractivity contribution in [1.29, 1.82) is 0 Å². The minimum absolute atomic E-state index is 0. The van der Waals surface area contributed by atoms with Gasteiger partial charge in [-0.2, -0.15) is 4.99 Å². The number of nitrogens with one attached hydrogen (secondary N) is 2. The zero-order chi connectivity index (χ0) is 87.5. The quantitative estimate of drug-likeness (QED) is 0.0191. The molecule has 117 heavy (non-hydrogen) atoms. The third kappa shape index (κ3) is 20.9. The summed E-state index contributed by atoms with van der Waals surface area (Å²) in [6, 6.07) is 9.09. The van der Waals surface area contributed by atoms with Crippen molar-refractivity contribution in [2.45, 2.75) is 82.2 Å². The molecular formula is C74H76B9F6N10O18. The second-order valence-electron chi connectivity index (χ2n) is 27.5. The molecule has 0 aliphatic heterocycles. The molecule has 0 heterocycles. The van der Waals surface area contributed by atoms with Gasteiger partial charge < -0.3 is 88.0 Å². The normalized spacial score (nSPS) is 20.4. The molecule has 0 saturated heterocycles. The first-order valence-corrected chi connectivity index (χ1v) is 34.4. The second kappa shape index (κ2) is 39.3. The number of primary amides is 2. The fourth-order valence-electron chi connectivity index (χ4n) is 14.3. The first-order valence-electron chi connectivity index (χ1n) is 34.4. The number of aromatic hydroxyl groups is 2. The lowest BCUT2D eigenvalue weighted by Crippen LogP contribution is -2.65. The number of hydrogen-bond donors (Lipinski definition) is 13. The number of ketones is 4. The molecule has 4 aromatic carbocycles. The molecular weight excluding hydrogens is 1530 g/mol. The summed E-state index contributed by atoms with van der Waals surface area (Å²) >= 11 is 0. The van der Waals surface area contributed by atoms with Crippen molar-refractivity contribution >= 4 is 146 Å². The Kier molecular flexibility index (Phi) is 32.2. The van der Waals surface area contributed by atoms with Crippen LogP contribution < -0.4 is 47.1 Å². The number of halogens is 6. The first-order chi connectivity index (χ1) is 54.1. The number of urea groups is 1. The van der Waals surface area contributed by atoms with Crippen LogP contribution in [-0.2, 0) is 59.5 Å². The van der Waals surface area contributed by atoms with E-state index in [1.54, 1.807) is 64.2 Å². The van der Waals surface area contributed by atoms with Crippen LogP contribution >= 0.6 is 0 Å². The van der Waals surface area contributed by atoms with Gasteiger partial charge >= 0.3 is 18.8 Å². The molecule has 2 saturated carbocycles. The van der Waals surface area contributed by atoms with Gasteiger partial charge in [-0.15, -0.1) is 26.3 Å². The van der Waals surface area contributed by atoms with Gasteiger partial charge in [0.05, 0.1) is 28.9 Å². The minimum Gasteiger partial charge on any atom is -0.508 e. The standard InChI is InChI=1S/C32H34F3N5O9.C24H30N4O7.C9H4.C8H4F3NO2.CH4.B9/c1-39(2)19-11-14(12-37-30(47)38-15-5-7-16(8-6-15)49-32(33,34)35)24(41)21-17(19)9-13-10-18-23(40(3)4)26(43)22(29(36)46)28(45)31(18,48)27(44)20(13)25(21)42;1-27(2)13-7-10(8-25)18(29)15-11(13)5-9-6-12-17(28(3)4)20(31)16(23(26)34)22(33)24(12,35)21(32)14(9)19(15)30;1-3-5-7-9-8-6-4-2;9-8(10,11)14-7-3-1-6(2-4-7)12-5-13;;1-6-9(7(2)3)8(4)5/h5-8,11,13,18,23,41-42,45,48H,9-10,12H2,1-4H3,(H2,36,46)(H2,37,38,47);7,9,12,17,29-30,33,35H,5-6,8,25H2,1-4H3,(H2,26,34);1-2H2;1-4H;1H4;/t13?,18?,23-,31-;9?,12?,17-,24-;;;;/m00..../s1. The number of amides is 4. The van der Waals surface area contributed by atoms with E-state index in [-0.39, 0.29) is 103 Å². The van der Waals surface area contributed by atoms with E-state index in [2.05, 4.69) is 78.4 Å². The fraction of sp³-hybridized carbons (Fsp3) is 0.338. The lowest BCUT2D eigenvalue weighted by Gasteiger charge is -2.50. The highest BCUT2D eigenvalue weighted by Gasteiger charge is 2.66. The number of aliphatic hydroxyl groups excluding tert-OH is 4. The van der Waals surface area contributed by atoms with Crippen molar-refractivity contribution in [2.75, 3.05) is 71.5 Å². The maximum atomic E-state index is 14.1. The van der Waals surface area contributed by atoms with Gasteiger partial charge in [0.25, 0.3) is 11.8 Å². The average molecular weight is 1600 g/mol. The number of ether oxygens (including phenoxy) is 2. The average Bonchev–Trinajstić information content (AvgIpc) is 0.702. The summed E-state index contributed by atoms with van der Waals surface area (Å²) in [6.45, 7) is 6.19. The number of aliphatic hydroxyl groups is 6. The number of rotatable bonds is 16. The predicted molar refractivity (Wildman–Crippen MR) is 429 cm³/mol. The molecule has 0 bridgehead atoms. The summed E-state index contributed by atoms with van der Waals surface area (Å²) in [6.07, 6.45) is -9.54. The molecule has 6 aliphatic carbocycles. The van der Waals surface area contributed by atoms with E-state index in [0.717, 1.165) is 24.3 Å². The number of alkyl halides is 6. The number of phenols is 2. The van der Waals surface area contributed by atoms with Crippen LogP contribution in [0.15, 0.2) is 153 Å². The van der Waals surface area contributed by atoms with E-state index in [4.69, 9.17) is 55.9 Å². The summed E-state index contributed by atoms with van der Waals surface area (Å²) in [5.41, 5.74) is 28.6.